The van der Waals surface area contributed by atoms with Gasteiger partial charge in [-0.3, -0.25) is 0 Å². The van der Waals surface area contributed by atoms with Crippen molar-refractivity contribution in [2.45, 2.75) is 31.4 Å². The molecule has 1 fully saturated rings. The summed E-state index contributed by atoms with van der Waals surface area (Å²) in [4.78, 5) is 6.02. The van der Waals surface area contributed by atoms with Gasteiger partial charge in [-0.1, -0.05) is 30.3 Å². The highest BCUT2D eigenvalue weighted by atomic mass is 32.1. The van der Waals surface area contributed by atoms with Crippen molar-refractivity contribution in [2.75, 3.05) is 7.11 Å². The van der Waals surface area contributed by atoms with Crippen LogP contribution >= 0.6 is 11.3 Å². The van der Waals surface area contributed by atoms with Crippen LogP contribution in [0, 0.1) is 0 Å². The number of rotatable bonds is 5. The van der Waals surface area contributed by atoms with Gasteiger partial charge >= 0.3 is 0 Å². The molecule has 3 rings (SSSR count). The van der Waals surface area contributed by atoms with Gasteiger partial charge in [0, 0.05) is 24.4 Å². The molecule has 2 aromatic rings. The first kappa shape index (κ1) is 12.8. The van der Waals surface area contributed by atoms with Crippen molar-refractivity contribution in [1.82, 2.24) is 4.98 Å². The first-order valence-electron chi connectivity index (χ1n) is 6.60. The summed E-state index contributed by atoms with van der Waals surface area (Å²) in [5, 5.41) is 1.02. The molecule has 1 aromatic carbocycles. The summed E-state index contributed by atoms with van der Waals surface area (Å²) in [7, 11) is 1.73. The van der Waals surface area contributed by atoms with Crippen molar-refractivity contribution in [2.24, 2.45) is 5.73 Å². The second kappa shape index (κ2) is 5.41. The van der Waals surface area contributed by atoms with Crippen LogP contribution in [-0.2, 0) is 11.3 Å². The second-order valence-electron chi connectivity index (χ2n) is 4.87. The first-order chi connectivity index (χ1) is 9.33. The van der Waals surface area contributed by atoms with E-state index in [1.54, 1.807) is 18.4 Å². The van der Waals surface area contributed by atoms with Crippen LogP contribution in [0.5, 0.6) is 0 Å². The van der Waals surface area contributed by atoms with E-state index in [0.717, 1.165) is 10.6 Å². The highest BCUT2D eigenvalue weighted by Gasteiger charge is 2.30. The molecule has 1 aliphatic rings. The molecule has 1 saturated carbocycles. The average molecular weight is 274 g/mol. The third kappa shape index (κ3) is 2.56. The number of aromatic nitrogens is 1. The molecule has 1 unspecified atom stereocenters. The van der Waals surface area contributed by atoms with E-state index in [2.05, 4.69) is 12.1 Å². The normalized spacial score (nSPS) is 16.5. The Morgan fingerprint density at radius 3 is 2.68 bits per heavy atom. The van der Waals surface area contributed by atoms with E-state index >= 15 is 0 Å². The predicted octanol–water partition coefficient (Wildman–Crippen LogP) is 3.22. The number of thiazole rings is 1. The maximum absolute atomic E-state index is 5.84. The van der Waals surface area contributed by atoms with Gasteiger partial charge in [0.2, 0.25) is 0 Å². The van der Waals surface area contributed by atoms with Gasteiger partial charge in [-0.25, -0.2) is 4.98 Å². The van der Waals surface area contributed by atoms with Gasteiger partial charge in [-0.2, -0.15) is 0 Å². The van der Waals surface area contributed by atoms with Crippen molar-refractivity contribution in [3.05, 3.63) is 51.5 Å². The van der Waals surface area contributed by atoms with Crippen LogP contribution in [0.15, 0.2) is 30.3 Å². The maximum Gasteiger partial charge on any atom is 0.134 e. The molecule has 0 amide bonds. The summed E-state index contributed by atoms with van der Waals surface area (Å²) < 4.78 is 5.64. The molecule has 1 aliphatic carbocycles. The molecule has 1 aromatic heterocycles. The lowest BCUT2D eigenvalue weighted by Gasteiger charge is -2.12. The smallest absolute Gasteiger partial charge is 0.134 e. The van der Waals surface area contributed by atoms with Crippen molar-refractivity contribution in [3.63, 3.8) is 0 Å². The van der Waals surface area contributed by atoms with Crippen molar-refractivity contribution >= 4 is 11.3 Å². The molecule has 0 aliphatic heterocycles. The van der Waals surface area contributed by atoms with Crippen LogP contribution in [0.3, 0.4) is 0 Å². The molecule has 4 heteroatoms. The summed E-state index contributed by atoms with van der Waals surface area (Å²) >= 11 is 1.69. The number of benzene rings is 1. The quantitative estimate of drug-likeness (QED) is 0.910. The zero-order valence-corrected chi connectivity index (χ0v) is 11.8. The molecule has 1 heterocycles. The fraction of sp³-hybridized carbons (Fsp3) is 0.400. The van der Waals surface area contributed by atoms with Crippen LogP contribution in [0.4, 0.5) is 0 Å². The van der Waals surface area contributed by atoms with Gasteiger partial charge in [0.05, 0.1) is 5.69 Å². The van der Waals surface area contributed by atoms with E-state index in [9.17, 15) is 0 Å². The summed E-state index contributed by atoms with van der Waals surface area (Å²) in [5.74, 6) is 0.636. The lowest BCUT2D eigenvalue weighted by molar-refractivity contribution is 0.136. The lowest BCUT2D eigenvalue weighted by Crippen LogP contribution is -2.03. The summed E-state index contributed by atoms with van der Waals surface area (Å²) in [5.41, 5.74) is 8.19. The van der Waals surface area contributed by atoms with Crippen molar-refractivity contribution < 1.29 is 4.74 Å². The highest BCUT2D eigenvalue weighted by molar-refractivity contribution is 7.11. The number of nitrogens with two attached hydrogens (primary N) is 1. The standard InChI is InChI=1S/C15H18N2OS/c1-18-14(11-5-3-2-4-6-11)15-17-13(10-7-8-10)12(9-16)19-15/h2-6,10,14H,7-9,16H2,1H3. The fourth-order valence-electron chi connectivity index (χ4n) is 2.32. The predicted molar refractivity (Wildman–Crippen MR) is 77.3 cm³/mol. The van der Waals surface area contributed by atoms with E-state index < -0.39 is 0 Å². The molecule has 1 atom stereocenters. The lowest BCUT2D eigenvalue weighted by atomic mass is 10.1. The Morgan fingerprint density at radius 1 is 1.37 bits per heavy atom. The molecule has 2 N–H and O–H groups in total. The summed E-state index contributed by atoms with van der Waals surface area (Å²) in [6.07, 6.45) is 2.42. The van der Waals surface area contributed by atoms with Crippen LogP contribution in [0.25, 0.3) is 0 Å². The molecular weight excluding hydrogens is 256 g/mol. The fourth-order valence-corrected chi connectivity index (χ4v) is 3.46. The van der Waals surface area contributed by atoms with Crippen molar-refractivity contribution in [3.8, 4) is 0 Å². The van der Waals surface area contributed by atoms with Crippen LogP contribution in [0.2, 0.25) is 0 Å². The molecule has 100 valence electrons. The Morgan fingerprint density at radius 2 is 2.11 bits per heavy atom. The third-order valence-corrected chi connectivity index (χ3v) is 4.59. The second-order valence-corrected chi connectivity index (χ2v) is 5.98. The summed E-state index contributed by atoms with van der Waals surface area (Å²) in [6, 6.07) is 10.2. The minimum Gasteiger partial charge on any atom is -0.370 e. The number of ether oxygens (including phenoxy) is 1. The Kier molecular flexibility index (Phi) is 3.64. The van der Waals surface area contributed by atoms with Crippen LogP contribution in [-0.4, -0.2) is 12.1 Å². The van der Waals surface area contributed by atoms with Crippen LogP contribution < -0.4 is 5.73 Å². The largest absolute Gasteiger partial charge is 0.370 e. The van der Waals surface area contributed by atoms with Gasteiger partial charge in [-0.15, -0.1) is 11.3 Å². The Hall–Kier alpha value is -1.23. The molecule has 0 spiro atoms. The van der Waals surface area contributed by atoms with E-state index in [1.807, 2.05) is 18.2 Å². The molecule has 3 nitrogen and oxygen atoms in total. The van der Waals surface area contributed by atoms with E-state index in [-0.39, 0.29) is 6.10 Å². The summed E-state index contributed by atoms with van der Waals surface area (Å²) in [6.45, 7) is 0.578. The molecule has 19 heavy (non-hydrogen) atoms. The van der Waals surface area contributed by atoms with Crippen molar-refractivity contribution in [1.29, 1.82) is 0 Å². The maximum atomic E-state index is 5.84. The Balaban J connectivity index is 1.95. The zero-order chi connectivity index (χ0) is 13.2. The zero-order valence-electron chi connectivity index (χ0n) is 11.0. The molecule has 0 bridgehead atoms. The number of hydrogen-bond donors (Lipinski definition) is 1. The molecule has 0 radical (unpaired) electrons. The minimum absolute atomic E-state index is 0.0796. The van der Waals surface area contributed by atoms with Gasteiger partial charge in [-0.05, 0) is 18.4 Å². The van der Waals surface area contributed by atoms with E-state index in [4.69, 9.17) is 15.5 Å². The molecule has 0 saturated heterocycles. The minimum atomic E-state index is -0.0796. The molecular formula is C15H18N2OS. The monoisotopic (exact) mass is 274 g/mol. The van der Waals surface area contributed by atoms with Gasteiger partial charge in [0.1, 0.15) is 11.1 Å². The Labute approximate surface area is 117 Å². The third-order valence-electron chi connectivity index (χ3n) is 3.46. The first-order valence-corrected chi connectivity index (χ1v) is 7.42. The Bertz CT molecular complexity index is 549. The van der Waals surface area contributed by atoms with Gasteiger partial charge in [0.25, 0.3) is 0 Å². The van der Waals surface area contributed by atoms with E-state index in [0.29, 0.717) is 12.5 Å². The SMILES string of the molecule is COC(c1ccccc1)c1nc(C2CC2)c(CN)s1. The van der Waals surface area contributed by atoms with Gasteiger partial charge < -0.3 is 10.5 Å². The topological polar surface area (TPSA) is 48.1 Å². The van der Waals surface area contributed by atoms with E-state index in [1.165, 1.54) is 23.4 Å². The number of methoxy groups -OCH3 is 1. The number of nitrogens with zero attached hydrogens (tertiary/aromatic N) is 1. The average Bonchev–Trinajstić information content (AvgIpc) is 3.22. The number of hydrogen-bond acceptors (Lipinski definition) is 4. The van der Waals surface area contributed by atoms with Gasteiger partial charge in [0.15, 0.2) is 0 Å². The van der Waals surface area contributed by atoms with Crippen LogP contribution in [0.1, 0.15) is 46.0 Å². The highest BCUT2D eigenvalue weighted by Crippen LogP contribution is 2.44.